The molecule has 1 rings (SSSR count). The molecular weight excluding hydrogens is 402 g/mol. The number of aliphatic carboxylic acids is 1. The molecule has 160 valence electrons. The molecule has 0 bridgehead atoms. The third-order valence-electron chi connectivity index (χ3n) is 3.55. The van der Waals surface area contributed by atoms with E-state index in [4.69, 9.17) is 14.6 Å². The van der Waals surface area contributed by atoms with E-state index in [9.17, 15) is 29.7 Å². The lowest BCUT2D eigenvalue weighted by atomic mass is 9.99. The van der Waals surface area contributed by atoms with Crippen molar-refractivity contribution in [2.75, 3.05) is 34.1 Å². The Balaban J connectivity index is 2.65. The molecular formula is C14H23N3O10S. The fourth-order valence-electron chi connectivity index (χ4n) is 1.93. The van der Waals surface area contributed by atoms with Gasteiger partial charge in [0.25, 0.3) is 5.91 Å². The molecule has 1 aliphatic heterocycles. The SMILES string of the molecule is CS/C(=N\OC(=O)N(C)CO[C@@H]1O[C@H](C(=O)O)[C@@H](O)[C@H](O)[C@H]1O)C(=O)N(C)C. The molecule has 0 saturated carbocycles. The van der Waals surface area contributed by atoms with E-state index in [1.54, 1.807) is 6.26 Å². The third-order valence-corrected chi connectivity index (χ3v) is 4.18. The highest BCUT2D eigenvalue weighted by Gasteiger charge is 2.47. The number of carbonyl (C=O) groups is 3. The topological polar surface area (TPSA) is 179 Å². The number of hydrogen-bond donors (Lipinski definition) is 4. The van der Waals surface area contributed by atoms with Gasteiger partial charge in [0, 0.05) is 21.1 Å². The van der Waals surface area contributed by atoms with Gasteiger partial charge in [0.1, 0.15) is 25.0 Å². The maximum absolute atomic E-state index is 11.9. The van der Waals surface area contributed by atoms with Crippen molar-refractivity contribution in [1.29, 1.82) is 0 Å². The van der Waals surface area contributed by atoms with E-state index in [0.717, 1.165) is 16.7 Å². The Kier molecular flexibility index (Phi) is 9.06. The predicted molar refractivity (Wildman–Crippen MR) is 94.2 cm³/mol. The van der Waals surface area contributed by atoms with E-state index < -0.39 is 55.4 Å². The van der Waals surface area contributed by atoms with Crippen LogP contribution in [0.1, 0.15) is 0 Å². The zero-order valence-electron chi connectivity index (χ0n) is 15.6. The molecule has 1 heterocycles. The first kappa shape index (κ1) is 24.1. The lowest BCUT2D eigenvalue weighted by molar-refractivity contribution is -0.299. The summed E-state index contributed by atoms with van der Waals surface area (Å²) in [7, 11) is 4.24. The molecule has 0 unspecified atom stereocenters. The summed E-state index contributed by atoms with van der Waals surface area (Å²) in [6, 6.07) is 0. The fourth-order valence-corrected chi connectivity index (χ4v) is 2.40. The Morgan fingerprint density at radius 1 is 1.11 bits per heavy atom. The van der Waals surface area contributed by atoms with Gasteiger partial charge in [0.05, 0.1) is 0 Å². The molecule has 13 nitrogen and oxygen atoms in total. The lowest BCUT2D eigenvalue weighted by Gasteiger charge is -2.38. The fraction of sp³-hybridized carbons (Fsp3) is 0.714. The Labute approximate surface area is 164 Å². The molecule has 0 aliphatic carbocycles. The second kappa shape index (κ2) is 10.5. The number of thioether (sulfide) groups is 1. The highest BCUT2D eigenvalue weighted by atomic mass is 32.2. The van der Waals surface area contributed by atoms with Crippen LogP contribution in [0.15, 0.2) is 5.16 Å². The van der Waals surface area contributed by atoms with Crippen LogP contribution in [-0.4, -0.2) is 118 Å². The van der Waals surface area contributed by atoms with Crippen LogP contribution in [0, 0.1) is 0 Å². The molecule has 2 amide bonds. The first-order chi connectivity index (χ1) is 13.0. The lowest BCUT2D eigenvalue weighted by Crippen LogP contribution is -2.60. The van der Waals surface area contributed by atoms with E-state index in [0.29, 0.717) is 0 Å². The predicted octanol–water partition coefficient (Wildman–Crippen LogP) is -2.31. The van der Waals surface area contributed by atoms with Crippen LogP contribution < -0.4 is 0 Å². The van der Waals surface area contributed by atoms with Gasteiger partial charge in [-0.2, -0.15) is 0 Å². The van der Waals surface area contributed by atoms with E-state index >= 15 is 0 Å². The summed E-state index contributed by atoms with van der Waals surface area (Å²) in [5, 5.41) is 41.5. The Bertz CT molecular complexity index is 616. The second-order valence-electron chi connectivity index (χ2n) is 5.89. The molecule has 0 aromatic rings. The number of hydrogen-bond acceptors (Lipinski definition) is 11. The molecule has 5 atom stereocenters. The van der Waals surface area contributed by atoms with Crippen LogP contribution in [0.5, 0.6) is 0 Å². The number of ether oxygens (including phenoxy) is 2. The summed E-state index contributed by atoms with van der Waals surface area (Å²) < 4.78 is 9.99. The number of nitrogens with zero attached hydrogens (tertiary/aromatic N) is 3. The van der Waals surface area contributed by atoms with Crippen LogP contribution in [0.4, 0.5) is 4.79 Å². The molecule has 0 spiro atoms. The van der Waals surface area contributed by atoms with Gasteiger partial charge in [-0.15, -0.1) is 11.8 Å². The maximum Gasteiger partial charge on any atom is 0.437 e. The molecule has 4 N–H and O–H groups in total. The standard InChI is InChI=1S/C14H23N3O10S/c1-16(2)11(21)10(28-4)15-27-14(24)17(3)5-25-13-8(20)6(18)7(19)9(26-13)12(22)23/h6-9,13,18-20H,5H2,1-4H3,(H,22,23)/b15-10-/t6-,7-,8+,9-,13+/m0/s1. The Hall–Kier alpha value is -1.97. The van der Waals surface area contributed by atoms with Crippen molar-refractivity contribution in [1.82, 2.24) is 9.80 Å². The van der Waals surface area contributed by atoms with Crippen LogP contribution in [0.2, 0.25) is 0 Å². The number of carboxylic acid groups (broad SMARTS) is 1. The highest BCUT2D eigenvalue weighted by Crippen LogP contribution is 2.22. The number of amides is 2. The normalized spacial score (nSPS) is 27.8. The molecule has 0 aromatic carbocycles. The summed E-state index contributed by atoms with van der Waals surface area (Å²) in [6.45, 7) is -0.540. The molecule has 1 saturated heterocycles. The van der Waals surface area contributed by atoms with Gasteiger partial charge in [-0.05, 0) is 6.26 Å². The Morgan fingerprint density at radius 2 is 1.71 bits per heavy atom. The Morgan fingerprint density at radius 3 is 2.21 bits per heavy atom. The van der Waals surface area contributed by atoms with Crippen molar-refractivity contribution in [2.24, 2.45) is 5.16 Å². The molecule has 0 aromatic heterocycles. The summed E-state index contributed by atoms with van der Waals surface area (Å²) in [5.41, 5.74) is 0. The van der Waals surface area contributed by atoms with E-state index in [2.05, 4.69) is 9.99 Å². The van der Waals surface area contributed by atoms with Crippen molar-refractivity contribution >= 4 is 34.8 Å². The van der Waals surface area contributed by atoms with Crippen molar-refractivity contribution in [3.05, 3.63) is 0 Å². The minimum Gasteiger partial charge on any atom is -0.479 e. The minimum atomic E-state index is -1.86. The second-order valence-corrected chi connectivity index (χ2v) is 6.68. The molecule has 0 radical (unpaired) electrons. The van der Waals surface area contributed by atoms with Crippen molar-refractivity contribution in [2.45, 2.75) is 30.7 Å². The number of carbonyl (C=O) groups excluding carboxylic acids is 2. The highest BCUT2D eigenvalue weighted by molar-refractivity contribution is 8.15. The zero-order valence-corrected chi connectivity index (χ0v) is 16.4. The number of oxime groups is 1. The number of carboxylic acids is 1. The van der Waals surface area contributed by atoms with Crippen molar-refractivity contribution < 1.29 is 49.1 Å². The van der Waals surface area contributed by atoms with Gasteiger partial charge < -0.3 is 34.8 Å². The molecule has 14 heteroatoms. The summed E-state index contributed by atoms with van der Waals surface area (Å²) in [4.78, 5) is 41.4. The van der Waals surface area contributed by atoms with Crippen molar-refractivity contribution in [3.8, 4) is 0 Å². The first-order valence-corrected chi connectivity index (χ1v) is 9.03. The van der Waals surface area contributed by atoms with Gasteiger partial charge in [0.2, 0.25) is 5.04 Å². The zero-order chi connectivity index (χ0) is 21.6. The van der Waals surface area contributed by atoms with Crippen LogP contribution in [-0.2, 0) is 23.9 Å². The molecule has 1 aliphatic rings. The number of rotatable bonds is 5. The largest absolute Gasteiger partial charge is 0.479 e. The van der Waals surface area contributed by atoms with Gasteiger partial charge in [-0.3, -0.25) is 14.5 Å². The van der Waals surface area contributed by atoms with Gasteiger partial charge in [-0.1, -0.05) is 5.16 Å². The summed E-state index contributed by atoms with van der Waals surface area (Å²) in [6.07, 6.45) is -8.35. The maximum atomic E-state index is 11.9. The van der Waals surface area contributed by atoms with Crippen LogP contribution in [0.3, 0.4) is 0 Å². The quantitative estimate of drug-likeness (QED) is 0.122. The molecule has 1 fully saturated rings. The van der Waals surface area contributed by atoms with Crippen molar-refractivity contribution in [3.63, 3.8) is 0 Å². The minimum absolute atomic E-state index is 0.0693. The van der Waals surface area contributed by atoms with E-state index in [1.807, 2.05) is 0 Å². The monoisotopic (exact) mass is 425 g/mol. The average molecular weight is 425 g/mol. The molecule has 28 heavy (non-hydrogen) atoms. The number of aliphatic hydroxyl groups is 3. The summed E-state index contributed by atoms with van der Waals surface area (Å²) >= 11 is 0.971. The summed E-state index contributed by atoms with van der Waals surface area (Å²) in [5.74, 6) is -2.03. The first-order valence-electron chi connectivity index (χ1n) is 7.81. The van der Waals surface area contributed by atoms with E-state index in [-0.39, 0.29) is 5.04 Å². The van der Waals surface area contributed by atoms with Crippen LogP contribution >= 0.6 is 11.8 Å². The van der Waals surface area contributed by atoms with Crippen LogP contribution in [0.25, 0.3) is 0 Å². The van der Waals surface area contributed by atoms with Gasteiger partial charge in [0.15, 0.2) is 12.4 Å². The van der Waals surface area contributed by atoms with E-state index in [1.165, 1.54) is 26.0 Å². The van der Waals surface area contributed by atoms with Gasteiger partial charge >= 0.3 is 12.1 Å². The third kappa shape index (κ3) is 6.02. The number of aliphatic hydroxyl groups excluding tert-OH is 3. The van der Waals surface area contributed by atoms with Gasteiger partial charge in [-0.25, -0.2) is 9.59 Å². The smallest absolute Gasteiger partial charge is 0.437 e. The average Bonchev–Trinajstić information content (AvgIpc) is 2.64.